The summed E-state index contributed by atoms with van der Waals surface area (Å²) < 4.78 is 36.8. The Kier molecular flexibility index (Phi) is 3.84. The lowest BCUT2D eigenvalue weighted by molar-refractivity contribution is -0.157. The Bertz CT molecular complexity index is 274. The van der Waals surface area contributed by atoms with E-state index < -0.39 is 12.1 Å². The van der Waals surface area contributed by atoms with Crippen LogP contribution < -0.4 is 5.32 Å². The zero-order chi connectivity index (χ0) is 12.4. The highest BCUT2D eigenvalue weighted by molar-refractivity contribution is 4.98. The summed E-state index contributed by atoms with van der Waals surface area (Å²) >= 11 is 0. The Morgan fingerprint density at radius 1 is 1.38 bits per heavy atom. The van der Waals surface area contributed by atoms with Crippen molar-refractivity contribution in [3.05, 3.63) is 0 Å². The number of rotatable bonds is 5. The van der Waals surface area contributed by atoms with Gasteiger partial charge in [0.15, 0.2) is 5.92 Å². The second kappa shape index (κ2) is 4.62. The molecule has 1 saturated carbocycles. The smallest absolute Gasteiger partial charge is 0.315 e. The fraction of sp³-hybridized carbons (Fsp3) is 0.909. The molecule has 0 heterocycles. The van der Waals surface area contributed by atoms with E-state index in [1.165, 1.54) is 6.07 Å². The monoisotopic (exact) mass is 234 g/mol. The molecule has 1 N–H and O–H groups in total. The number of alkyl halides is 3. The number of hydrogen-bond acceptors (Lipinski definition) is 2. The maximum atomic E-state index is 12.3. The van der Waals surface area contributed by atoms with Crippen LogP contribution in [0.15, 0.2) is 0 Å². The molecule has 1 atom stereocenters. The minimum atomic E-state index is -4.42. The minimum Gasteiger partial charge on any atom is -0.315 e. The fourth-order valence-corrected chi connectivity index (χ4v) is 1.82. The Morgan fingerprint density at radius 2 is 1.94 bits per heavy atom. The predicted octanol–water partition coefficient (Wildman–Crippen LogP) is 2.71. The number of nitrogens with one attached hydrogen (secondary N) is 1. The van der Waals surface area contributed by atoms with Crippen LogP contribution in [0.5, 0.6) is 0 Å². The molecular weight excluding hydrogens is 217 g/mol. The first-order valence-corrected chi connectivity index (χ1v) is 5.49. The lowest BCUT2D eigenvalue weighted by Gasteiger charge is -2.21. The normalized spacial score (nSPS) is 20.6. The SMILES string of the molecule is CC(C)C1(CNCC(C#N)C(F)(F)F)CC1. The first-order chi connectivity index (χ1) is 7.32. The van der Waals surface area contributed by atoms with Crippen molar-refractivity contribution in [2.24, 2.45) is 17.3 Å². The average molecular weight is 234 g/mol. The van der Waals surface area contributed by atoms with Gasteiger partial charge in [0, 0.05) is 13.1 Å². The van der Waals surface area contributed by atoms with Gasteiger partial charge in [-0.15, -0.1) is 0 Å². The average Bonchev–Trinajstić information content (AvgIpc) is 2.91. The Hall–Kier alpha value is -0.760. The number of halogens is 3. The summed E-state index contributed by atoms with van der Waals surface area (Å²) in [7, 11) is 0. The van der Waals surface area contributed by atoms with Crippen molar-refractivity contribution in [3.63, 3.8) is 0 Å². The van der Waals surface area contributed by atoms with Gasteiger partial charge in [-0.05, 0) is 24.2 Å². The Balaban J connectivity index is 2.33. The van der Waals surface area contributed by atoms with Crippen LogP contribution in [0.3, 0.4) is 0 Å². The third kappa shape index (κ3) is 3.11. The zero-order valence-corrected chi connectivity index (χ0v) is 9.56. The van der Waals surface area contributed by atoms with Crippen molar-refractivity contribution in [1.82, 2.24) is 5.32 Å². The summed E-state index contributed by atoms with van der Waals surface area (Å²) in [6.07, 6.45) is -2.28. The van der Waals surface area contributed by atoms with Gasteiger partial charge in [0.1, 0.15) is 0 Å². The van der Waals surface area contributed by atoms with Gasteiger partial charge in [-0.25, -0.2) is 0 Å². The van der Waals surface area contributed by atoms with E-state index >= 15 is 0 Å². The quantitative estimate of drug-likeness (QED) is 0.794. The molecule has 2 nitrogen and oxygen atoms in total. The van der Waals surface area contributed by atoms with Crippen molar-refractivity contribution in [2.75, 3.05) is 13.1 Å². The van der Waals surface area contributed by atoms with Gasteiger partial charge < -0.3 is 5.32 Å². The van der Waals surface area contributed by atoms with Crippen LogP contribution in [0.25, 0.3) is 0 Å². The van der Waals surface area contributed by atoms with E-state index in [0.29, 0.717) is 12.5 Å². The van der Waals surface area contributed by atoms with E-state index in [0.717, 1.165) is 12.8 Å². The van der Waals surface area contributed by atoms with Crippen LogP contribution in [-0.4, -0.2) is 19.3 Å². The molecule has 1 rings (SSSR count). The second-order valence-corrected chi connectivity index (χ2v) is 4.87. The second-order valence-electron chi connectivity index (χ2n) is 4.87. The first kappa shape index (κ1) is 13.3. The maximum Gasteiger partial charge on any atom is 0.405 e. The first-order valence-electron chi connectivity index (χ1n) is 5.49. The lowest BCUT2D eigenvalue weighted by atomic mass is 9.92. The zero-order valence-electron chi connectivity index (χ0n) is 9.56. The van der Waals surface area contributed by atoms with Gasteiger partial charge >= 0.3 is 6.18 Å². The van der Waals surface area contributed by atoms with Crippen LogP contribution in [-0.2, 0) is 0 Å². The molecule has 0 radical (unpaired) electrons. The molecule has 1 aliphatic rings. The van der Waals surface area contributed by atoms with Crippen LogP contribution in [0.1, 0.15) is 26.7 Å². The van der Waals surface area contributed by atoms with Crippen molar-refractivity contribution in [3.8, 4) is 6.07 Å². The molecule has 0 aliphatic heterocycles. The van der Waals surface area contributed by atoms with Crippen LogP contribution >= 0.6 is 0 Å². The molecule has 92 valence electrons. The minimum absolute atomic E-state index is 0.172. The van der Waals surface area contributed by atoms with E-state index in [1.54, 1.807) is 0 Å². The van der Waals surface area contributed by atoms with Crippen LogP contribution in [0.2, 0.25) is 0 Å². The molecular formula is C11H17F3N2. The molecule has 1 unspecified atom stereocenters. The topological polar surface area (TPSA) is 35.8 Å². The third-order valence-corrected chi connectivity index (χ3v) is 3.49. The molecule has 0 bridgehead atoms. The Labute approximate surface area is 93.8 Å². The molecule has 16 heavy (non-hydrogen) atoms. The predicted molar refractivity (Wildman–Crippen MR) is 54.5 cm³/mol. The number of nitriles is 1. The van der Waals surface area contributed by atoms with Gasteiger partial charge in [0.25, 0.3) is 0 Å². The van der Waals surface area contributed by atoms with Crippen molar-refractivity contribution < 1.29 is 13.2 Å². The number of nitrogens with zero attached hydrogens (tertiary/aromatic N) is 1. The summed E-state index contributed by atoms with van der Waals surface area (Å²) in [5, 5.41) is 11.2. The van der Waals surface area contributed by atoms with Crippen molar-refractivity contribution >= 4 is 0 Å². The molecule has 0 spiro atoms. The lowest BCUT2D eigenvalue weighted by Crippen LogP contribution is -2.36. The standard InChI is InChI=1S/C11H17F3N2/c1-8(2)10(3-4-10)7-16-6-9(5-15)11(12,13)14/h8-9,16H,3-4,6-7H2,1-2H3. The van der Waals surface area contributed by atoms with Gasteiger partial charge in [-0.2, -0.15) is 18.4 Å². The molecule has 0 aromatic rings. The van der Waals surface area contributed by atoms with Crippen molar-refractivity contribution in [2.45, 2.75) is 32.9 Å². The van der Waals surface area contributed by atoms with E-state index in [9.17, 15) is 13.2 Å². The molecule has 1 aliphatic carbocycles. The highest BCUT2D eigenvalue weighted by atomic mass is 19.4. The van der Waals surface area contributed by atoms with Gasteiger partial charge in [0.2, 0.25) is 0 Å². The van der Waals surface area contributed by atoms with E-state index in [-0.39, 0.29) is 12.0 Å². The fourth-order valence-electron chi connectivity index (χ4n) is 1.82. The highest BCUT2D eigenvalue weighted by Crippen LogP contribution is 2.51. The molecule has 0 aromatic heterocycles. The summed E-state index contributed by atoms with van der Waals surface area (Å²) in [6.45, 7) is 4.45. The largest absolute Gasteiger partial charge is 0.405 e. The van der Waals surface area contributed by atoms with Gasteiger partial charge in [0.05, 0.1) is 6.07 Å². The molecule has 1 fully saturated rings. The van der Waals surface area contributed by atoms with E-state index in [1.807, 2.05) is 0 Å². The van der Waals surface area contributed by atoms with Crippen LogP contribution in [0.4, 0.5) is 13.2 Å². The molecule has 0 aromatic carbocycles. The van der Waals surface area contributed by atoms with E-state index in [2.05, 4.69) is 19.2 Å². The van der Waals surface area contributed by atoms with Gasteiger partial charge in [-0.3, -0.25) is 0 Å². The summed E-state index contributed by atoms with van der Waals surface area (Å²) in [4.78, 5) is 0. The molecule has 0 amide bonds. The summed E-state index contributed by atoms with van der Waals surface area (Å²) in [5.41, 5.74) is 0.172. The maximum absolute atomic E-state index is 12.3. The summed E-state index contributed by atoms with van der Waals surface area (Å²) in [6, 6.07) is 1.29. The van der Waals surface area contributed by atoms with Gasteiger partial charge in [-0.1, -0.05) is 13.8 Å². The molecule has 5 heteroatoms. The Morgan fingerprint density at radius 3 is 2.25 bits per heavy atom. The number of hydrogen-bond donors (Lipinski definition) is 1. The van der Waals surface area contributed by atoms with Crippen molar-refractivity contribution in [1.29, 1.82) is 5.26 Å². The highest BCUT2D eigenvalue weighted by Gasteiger charge is 2.45. The molecule has 0 saturated heterocycles. The van der Waals surface area contributed by atoms with E-state index in [4.69, 9.17) is 5.26 Å². The summed E-state index contributed by atoms with van der Waals surface area (Å²) in [5.74, 6) is -1.41. The third-order valence-electron chi connectivity index (χ3n) is 3.49. The van der Waals surface area contributed by atoms with Crippen LogP contribution in [0, 0.1) is 28.6 Å².